The van der Waals surface area contributed by atoms with Crippen LogP contribution in [0.3, 0.4) is 0 Å². The van der Waals surface area contributed by atoms with Gasteiger partial charge in [0.25, 0.3) is 0 Å². The quantitative estimate of drug-likeness (QED) is 0.723. The Balaban J connectivity index is 2.37. The van der Waals surface area contributed by atoms with Crippen molar-refractivity contribution in [2.45, 2.75) is 27.3 Å². The van der Waals surface area contributed by atoms with Gasteiger partial charge >= 0.3 is 0 Å². The van der Waals surface area contributed by atoms with Crippen molar-refractivity contribution in [1.29, 1.82) is 0 Å². The Kier molecular flexibility index (Phi) is 5.37. The van der Waals surface area contributed by atoms with Crippen molar-refractivity contribution in [3.63, 3.8) is 0 Å². The summed E-state index contributed by atoms with van der Waals surface area (Å²) >= 11 is 0. The summed E-state index contributed by atoms with van der Waals surface area (Å²) in [6.45, 7) is 9.78. The molecule has 0 aliphatic heterocycles. The number of benzene rings is 1. The standard InChI is InChI=1S/C13H21NO/c1-4-15-9-8-14-10-13-11(2)6-5-7-12(13)3/h5-7,14H,4,8-10H2,1-3H3. The summed E-state index contributed by atoms with van der Waals surface area (Å²) in [4.78, 5) is 0. The number of hydrogen-bond donors (Lipinski definition) is 1. The van der Waals surface area contributed by atoms with Crippen LogP contribution in [0.2, 0.25) is 0 Å². The Hall–Kier alpha value is -0.860. The Morgan fingerprint density at radius 3 is 2.47 bits per heavy atom. The van der Waals surface area contributed by atoms with Gasteiger partial charge < -0.3 is 10.1 Å². The fourth-order valence-electron chi connectivity index (χ4n) is 1.63. The lowest BCUT2D eigenvalue weighted by molar-refractivity contribution is 0.149. The van der Waals surface area contributed by atoms with Crippen LogP contribution < -0.4 is 5.32 Å². The molecular formula is C13H21NO. The van der Waals surface area contributed by atoms with E-state index >= 15 is 0 Å². The van der Waals surface area contributed by atoms with Crippen LogP contribution in [0.25, 0.3) is 0 Å². The van der Waals surface area contributed by atoms with E-state index in [4.69, 9.17) is 4.74 Å². The van der Waals surface area contributed by atoms with Crippen molar-refractivity contribution >= 4 is 0 Å². The van der Waals surface area contributed by atoms with E-state index in [1.165, 1.54) is 16.7 Å². The summed E-state index contributed by atoms with van der Waals surface area (Å²) in [5, 5.41) is 3.39. The number of ether oxygens (including phenoxy) is 1. The number of hydrogen-bond acceptors (Lipinski definition) is 2. The van der Waals surface area contributed by atoms with E-state index in [1.54, 1.807) is 0 Å². The molecule has 0 amide bonds. The molecule has 1 aromatic carbocycles. The van der Waals surface area contributed by atoms with Crippen molar-refractivity contribution in [3.8, 4) is 0 Å². The molecule has 2 nitrogen and oxygen atoms in total. The van der Waals surface area contributed by atoms with Crippen LogP contribution in [0.5, 0.6) is 0 Å². The van der Waals surface area contributed by atoms with Gasteiger partial charge in [0, 0.05) is 19.7 Å². The van der Waals surface area contributed by atoms with Crippen LogP contribution in [0.4, 0.5) is 0 Å². The molecule has 0 atom stereocenters. The fraction of sp³-hybridized carbons (Fsp3) is 0.538. The molecule has 0 aliphatic rings. The highest BCUT2D eigenvalue weighted by Gasteiger charge is 2.00. The largest absolute Gasteiger partial charge is 0.380 e. The molecule has 0 spiro atoms. The van der Waals surface area contributed by atoms with Gasteiger partial charge in [0.15, 0.2) is 0 Å². The van der Waals surface area contributed by atoms with Crippen LogP contribution in [0, 0.1) is 13.8 Å². The van der Waals surface area contributed by atoms with Crippen molar-refractivity contribution in [3.05, 3.63) is 34.9 Å². The monoisotopic (exact) mass is 207 g/mol. The highest BCUT2D eigenvalue weighted by molar-refractivity contribution is 5.33. The minimum absolute atomic E-state index is 0.793. The van der Waals surface area contributed by atoms with Gasteiger partial charge in [-0.1, -0.05) is 18.2 Å². The summed E-state index contributed by atoms with van der Waals surface area (Å²) < 4.78 is 5.27. The SMILES string of the molecule is CCOCCNCc1c(C)cccc1C. The lowest BCUT2D eigenvalue weighted by Crippen LogP contribution is -2.20. The molecule has 0 aliphatic carbocycles. The molecule has 2 heteroatoms. The molecule has 0 heterocycles. The summed E-state index contributed by atoms with van der Waals surface area (Å²) in [5.74, 6) is 0. The minimum Gasteiger partial charge on any atom is -0.380 e. The maximum Gasteiger partial charge on any atom is 0.0590 e. The van der Waals surface area contributed by atoms with Gasteiger partial charge in [-0.3, -0.25) is 0 Å². The molecule has 1 rings (SSSR count). The third-order valence-corrected chi connectivity index (χ3v) is 2.57. The first-order chi connectivity index (χ1) is 7.25. The molecule has 1 aromatic rings. The Labute approximate surface area is 92.6 Å². The van der Waals surface area contributed by atoms with Gasteiger partial charge in [-0.15, -0.1) is 0 Å². The molecule has 0 aromatic heterocycles. The zero-order valence-electron chi connectivity index (χ0n) is 9.97. The van der Waals surface area contributed by atoms with Gasteiger partial charge in [0.1, 0.15) is 0 Å². The van der Waals surface area contributed by atoms with Crippen molar-refractivity contribution in [1.82, 2.24) is 5.32 Å². The van der Waals surface area contributed by atoms with Crippen LogP contribution in [0.15, 0.2) is 18.2 Å². The average molecular weight is 207 g/mol. The van der Waals surface area contributed by atoms with E-state index in [-0.39, 0.29) is 0 Å². The van der Waals surface area contributed by atoms with E-state index in [0.717, 1.165) is 26.3 Å². The van der Waals surface area contributed by atoms with E-state index in [9.17, 15) is 0 Å². The Morgan fingerprint density at radius 2 is 1.87 bits per heavy atom. The second kappa shape index (κ2) is 6.59. The molecule has 0 radical (unpaired) electrons. The molecule has 15 heavy (non-hydrogen) atoms. The molecule has 84 valence electrons. The topological polar surface area (TPSA) is 21.3 Å². The summed E-state index contributed by atoms with van der Waals surface area (Å²) in [5.41, 5.74) is 4.13. The molecule has 1 N–H and O–H groups in total. The first-order valence-corrected chi connectivity index (χ1v) is 5.59. The van der Waals surface area contributed by atoms with Crippen molar-refractivity contribution in [2.24, 2.45) is 0 Å². The lowest BCUT2D eigenvalue weighted by Gasteiger charge is -2.10. The molecule has 0 saturated heterocycles. The zero-order chi connectivity index (χ0) is 11.1. The summed E-state index contributed by atoms with van der Waals surface area (Å²) in [7, 11) is 0. The predicted molar refractivity (Wildman–Crippen MR) is 64.1 cm³/mol. The van der Waals surface area contributed by atoms with E-state index in [0.29, 0.717) is 0 Å². The summed E-state index contributed by atoms with van der Waals surface area (Å²) in [6, 6.07) is 6.42. The second-order valence-corrected chi connectivity index (χ2v) is 3.74. The predicted octanol–water partition coefficient (Wildman–Crippen LogP) is 2.43. The first kappa shape index (κ1) is 12.2. The van der Waals surface area contributed by atoms with E-state index in [1.807, 2.05) is 6.92 Å². The average Bonchev–Trinajstić information content (AvgIpc) is 2.21. The smallest absolute Gasteiger partial charge is 0.0590 e. The molecule has 0 bridgehead atoms. The van der Waals surface area contributed by atoms with Gasteiger partial charge in [-0.25, -0.2) is 0 Å². The third kappa shape index (κ3) is 4.02. The minimum atomic E-state index is 0.793. The molecule has 0 saturated carbocycles. The van der Waals surface area contributed by atoms with Gasteiger partial charge in [-0.2, -0.15) is 0 Å². The van der Waals surface area contributed by atoms with Crippen molar-refractivity contribution in [2.75, 3.05) is 19.8 Å². The third-order valence-electron chi connectivity index (χ3n) is 2.57. The molecular weight excluding hydrogens is 186 g/mol. The van der Waals surface area contributed by atoms with Gasteiger partial charge in [0.05, 0.1) is 6.61 Å². The fourth-order valence-corrected chi connectivity index (χ4v) is 1.63. The summed E-state index contributed by atoms with van der Waals surface area (Å²) in [6.07, 6.45) is 0. The van der Waals surface area contributed by atoms with Crippen LogP contribution in [-0.4, -0.2) is 19.8 Å². The highest BCUT2D eigenvalue weighted by Crippen LogP contribution is 2.12. The second-order valence-electron chi connectivity index (χ2n) is 3.74. The number of nitrogens with one attached hydrogen (secondary N) is 1. The zero-order valence-corrected chi connectivity index (χ0v) is 9.97. The maximum absolute atomic E-state index is 5.27. The molecule has 0 fully saturated rings. The molecule has 0 unspecified atom stereocenters. The van der Waals surface area contributed by atoms with Crippen molar-refractivity contribution < 1.29 is 4.74 Å². The van der Waals surface area contributed by atoms with Gasteiger partial charge in [0.2, 0.25) is 0 Å². The Morgan fingerprint density at radius 1 is 1.20 bits per heavy atom. The number of rotatable bonds is 6. The van der Waals surface area contributed by atoms with Crippen LogP contribution >= 0.6 is 0 Å². The van der Waals surface area contributed by atoms with E-state index < -0.39 is 0 Å². The Bertz CT molecular complexity index is 276. The normalized spacial score (nSPS) is 10.6. The van der Waals surface area contributed by atoms with E-state index in [2.05, 4.69) is 37.4 Å². The first-order valence-electron chi connectivity index (χ1n) is 5.59. The lowest BCUT2D eigenvalue weighted by atomic mass is 10.0. The maximum atomic E-state index is 5.27. The number of aryl methyl sites for hydroxylation is 2. The van der Waals surface area contributed by atoms with Crippen LogP contribution in [-0.2, 0) is 11.3 Å². The van der Waals surface area contributed by atoms with Gasteiger partial charge in [-0.05, 0) is 37.5 Å². The highest BCUT2D eigenvalue weighted by atomic mass is 16.5. The van der Waals surface area contributed by atoms with Crippen LogP contribution in [0.1, 0.15) is 23.6 Å².